The van der Waals surface area contributed by atoms with Crippen molar-refractivity contribution in [3.05, 3.63) is 77.9 Å². The SMILES string of the molecule is CN(C(=O)C=CC(=O)O)c1ccccc1C(=O)NCc1ccccc1. The molecule has 25 heavy (non-hydrogen) atoms. The van der Waals surface area contributed by atoms with Crippen LogP contribution in [0.15, 0.2) is 66.7 Å². The molecule has 0 spiro atoms. The highest BCUT2D eigenvalue weighted by Crippen LogP contribution is 2.19. The van der Waals surface area contributed by atoms with Crippen molar-refractivity contribution in [1.82, 2.24) is 5.32 Å². The highest BCUT2D eigenvalue weighted by atomic mass is 16.4. The van der Waals surface area contributed by atoms with Gasteiger partial charge in [0.15, 0.2) is 0 Å². The second kappa shape index (κ2) is 8.44. The molecule has 0 fully saturated rings. The number of nitrogens with one attached hydrogen (secondary N) is 1. The van der Waals surface area contributed by atoms with Crippen LogP contribution in [0.25, 0.3) is 0 Å². The third-order valence-corrected chi connectivity index (χ3v) is 3.50. The smallest absolute Gasteiger partial charge is 0.328 e. The zero-order chi connectivity index (χ0) is 18.2. The molecular formula is C19H18N2O4. The van der Waals surface area contributed by atoms with Gasteiger partial charge in [-0.25, -0.2) is 4.79 Å². The van der Waals surface area contributed by atoms with Gasteiger partial charge in [0, 0.05) is 25.7 Å². The molecule has 2 aromatic rings. The van der Waals surface area contributed by atoms with E-state index in [-0.39, 0.29) is 5.91 Å². The van der Waals surface area contributed by atoms with Crippen molar-refractivity contribution in [2.45, 2.75) is 6.54 Å². The second-order valence-electron chi connectivity index (χ2n) is 5.25. The summed E-state index contributed by atoms with van der Waals surface area (Å²) in [5.74, 6) is -2.07. The second-order valence-corrected chi connectivity index (χ2v) is 5.25. The maximum atomic E-state index is 12.5. The van der Waals surface area contributed by atoms with E-state index >= 15 is 0 Å². The third-order valence-electron chi connectivity index (χ3n) is 3.50. The minimum atomic E-state index is -1.21. The van der Waals surface area contributed by atoms with Gasteiger partial charge in [0.2, 0.25) is 0 Å². The molecule has 6 heteroatoms. The quantitative estimate of drug-likeness (QED) is 0.791. The van der Waals surface area contributed by atoms with E-state index < -0.39 is 11.9 Å². The minimum absolute atomic E-state index is 0.318. The largest absolute Gasteiger partial charge is 0.478 e. The summed E-state index contributed by atoms with van der Waals surface area (Å²) in [5.41, 5.74) is 1.69. The maximum Gasteiger partial charge on any atom is 0.328 e. The first-order valence-electron chi connectivity index (χ1n) is 7.59. The molecule has 0 heterocycles. The molecule has 0 saturated heterocycles. The van der Waals surface area contributed by atoms with Gasteiger partial charge in [0.05, 0.1) is 11.3 Å². The number of carbonyl (C=O) groups is 3. The number of aliphatic carboxylic acids is 1. The maximum absolute atomic E-state index is 12.5. The molecule has 0 aromatic heterocycles. The van der Waals surface area contributed by atoms with Crippen molar-refractivity contribution in [1.29, 1.82) is 0 Å². The van der Waals surface area contributed by atoms with Crippen LogP contribution in [0.1, 0.15) is 15.9 Å². The zero-order valence-corrected chi connectivity index (χ0v) is 13.7. The minimum Gasteiger partial charge on any atom is -0.478 e. The van der Waals surface area contributed by atoms with Gasteiger partial charge in [-0.15, -0.1) is 0 Å². The fourth-order valence-corrected chi connectivity index (χ4v) is 2.20. The number of hydrogen-bond acceptors (Lipinski definition) is 3. The highest BCUT2D eigenvalue weighted by Gasteiger charge is 2.17. The first-order valence-corrected chi connectivity index (χ1v) is 7.59. The third kappa shape index (κ3) is 5.04. The molecule has 0 aliphatic rings. The van der Waals surface area contributed by atoms with E-state index in [1.54, 1.807) is 24.3 Å². The van der Waals surface area contributed by atoms with Gasteiger partial charge < -0.3 is 15.3 Å². The Balaban J connectivity index is 2.15. The fourth-order valence-electron chi connectivity index (χ4n) is 2.20. The average Bonchev–Trinajstić information content (AvgIpc) is 2.64. The Morgan fingerprint density at radius 2 is 1.64 bits per heavy atom. The summed E-state index contributed by atoms with van der Waals surface area (Å²) in [6.45, 7) is 0.366. The van der Waals surface area contributed by atoms with Crippen LogP contribution < -0.4 is 10.2 Å². The summed E-state index contributed by atoms with van der Waals surface area (Å²) >= 11 is 0. The van der Waals surface area contributed by atoms with E-state index in [0.717, 1.165) is 17.7 Å². The van der Waals surface area contributed by atoms with Crippen molar-refractivity contribution >= 4 is 23.5 Å². The van der Waals surface area contributed by atoms with Gasteiger partial charge in [-0.1, -0.05) is 42.5 Å². The molecule has 0 bridgehead atoms. The molecular weight excluding hydrogens is 320 g/mol. The normalized spacial score (nSPS) is 10.4. The highest BCUT2D eigenvalue weighted by molar-refractivity contribution is 6.08. The molecule has 0 aliphatic carbocycles. The molecule has 128 valence electrons. The average molecular weight is 338 g/mol. The van der Waals surface area contributed by atoms with Crippen LogP contribution in [0.2, 0.25) is 0 Å². The van der Waals surface area contributed by atoms with Crippen molar-refractivity contribution in [2.75, 3.05) is 11.9 Å². The topological polar surface area (TPSA) is 86.7 Å². The lowest BCUT2D eigenvalue weighted by Gasteiger charge is -2.19. The lowest BCUT2D eigenvalue weighted by molar-refractivity contribution is -0.131. The monoisotopic (exact) mass is 338 g/mol. The number of carboxylic acids is 1. The Morgan fingerprint density at radius 3 is 2.32 bits per heavy atom. The van der Waals surface area contributed by atoms with Gasteiger partial charge in [-0.3, -0.25) is 9.59 Å². The van der Waals surface area contributed by atoms with E-state index in [1.807, 2.05) is 30.3 Å². The fraction of sp³-hybridized carbons (Fsp3) is 0.105. The lowest BCUT2D eigenvalue weighted by atomic mass is 10.1. The summed E-state index contributed by atoms with van der Waals surface area (Å²) in [4.78, 5) is 36.3. The Morgan fingerprint density at radius 1 is 1.00 bits per heavy atom. The van der Waals surface area contributed by atoms with Crippen LogP contribution in [0, 0.1) is 0 Å². The molecule has 2 N–H and O–H groups in total. The number of benzene rings is 2. The Bertz CT molecular complexity index is 800. The number of likely N-dealkylation sites (N-methyl/N-ethyl adjacent to an activating group) is 1. The molecule has 0 radical (unpaired) electrons. The van der Waals surface area contributed by atoms with Crippen molar-refractivity contribution in [2.24, 2.45) is 0 Å². The number of nitrogens with zero attached hydrogens (tertiary/aromatic N) is 1. The number of para-hydroxylation sites is 1. The van der Waals surface area contributed by atoms with E-state index in [0.29, 0.717) is 17.8 Å². The summed E-state index contributed by atoms with van der Waals surface area (Å²) in [6.07, 6.45) is 1.71. The van der Waals surface area contributed by atoms with Gasteiger partial charge in [0.1, 0.15) is 0 Å². The summed E-state index contributed by atoms with van der Waals surface area (Å²) in [6, 6.07) is 16.1. The van der Waals surface area contributed by atoms with Crippen molar-refractivity contribution in [3.63, 3.8) is 0 Å². The van der Waals surface area contributed by atoms with Crippen LogP contribution in [-0.2, 0) is 16.1 Å². The number of hydrogen-bond donors (Lipinski definition) is 2. The van der Waals surface area contributed by atoms with Crippen LogP contribution in [-0.4, -0.2) is 29.9 Å². The molecule has 2 rings (SSSR count). The number of anilines is 1. The van der Waals surface area contributed by atoms with Crippen LogP contribution in [0.3, 0.4) is 0 Å². The molecule has 2 aromatic carbocycles. The number of carboxylic acid groups (broad SMARTS) is 1. The van der Waals surface area contributed by atoms with E-state index in [4.69, 9.17) is 5.11 Å². The predicted molar refractivity (Wildman–Crippen MR) is 94.2 cm³/mol. The van der Waals surface area contributed by atoms with E-state index in [9.17, 15) is 14.4 Å². The predicted octanol–water partition coefficient (Wildman–Crippen LogP) is 2.22. The first kappa shape index (κ1) is 17.9. The Kier molecular flexibility index (Phi) is 6.06. The van der Waals surface area contributed by atoms with Gasteiger partial charge in [-0.2, -0.15) is 0 Å². The van der Waals surface area contributed by atoms with E-state index in [2.05, 4.69) is 5.32 Å². The van der Waals surface area contributed by atoms with E-state index in [1.165, 1.54) is 11.9 Å². The summed E-state index contributed by atoms with van der Waals surface area (Å²) in [7, 11) is 1.48. The molecule has 0 atom stereocenters. The van der Waals surface area contributed by atoms with Crippen LogP contribution in [0.4, 0.5) is 5.69 Å². The van der Waals surface area contributed by atoms with Gasteiger partial charge in [0.25, 0.3) is 11.8 Å². The van der Waals surface area contributed by atoms with Crippen LogP contribution >= 0.6 is 0 Å². The Labute approximate surface area is 145 Å². The number of amides is 2. The van der Waals surface area contributed by atoms with Crippen molar-refractivity contribution in [3.8, 4) is 0 Å². The van der Waals surface area contributed by atoms with Gasteiger partial charge in [-0.05, 0) is 17.7 Å². The standard InChI is InChI=1S/C19H18N2O4/c1-21(17(22)11-12-18(23)24)16-10-6-5-9-15(16)19(25)20-13-14-7-3-2-4-8-14/h2-12H,13H2,1H3,(H,20,25)(H,23,24). The van der Waals surface area contributed by atoms with Crippen LogP contribution in [0.5, 0.6) is 0 Å². The molecule has 2 amide bonds. The number of carbonyl (C=O) groups excluding carboxylic acids is 2. The summed E-state index contributed by atoms with van der Waals surface area (Å²) < 4.78 is 0. The molecule has 0 saturated carbocycles. The summed E-state index contributed by atoms with van der Waals surface area (Å²) in [5, 5.41) is 11.4. The van der Waals surface area contributed by atoms with Gasteiger partial charge >= 0.3 is 5.97 Å². The molecule has 0 unspecified atom stereocenters. The Hall–Kier alpha value is -3.41. The molecule has 0 aliphatic heterocycles. The molecule has 6 nitrogen and oxygen atoms in total. The first-order chi connectivity index (χ1) is 12.0. The van der Waals surface area contributed by atoms with Crippen molar-refractivity contribution < 1.29 is 19.5 Å². The lowest BCUT2D eigenvalue weighted by Crippen LogP contribution is -2.29. The zero-order valence-electron chi connectivity index (χ0n) is 13.7. The number of rotatable bonds is 6.